The molecule has 0 fully saturated rings. The Morgan fingerprint density at radius 3 is 2.73 bits per heavy atom. The van der Waals surface area contributed by atoms with E-state index in [1.807, 2.05) is 13.8 Å². The van der Waals surface area contributed by atoms with Crippen LogP contribution in [0.4, 0.5) is 10.1 Å². The van der Waals surface area contributed by atoms with Crippen molar-refractivity contribution in [3.8, 4) is 0 Å². The molecule has 0 aliphatic heterocycles. The molecule has 1 aromatic carbocycles. The van der Waals surface area contributed by atoms with Gasteiger partial charge >= 0.3 is 0 Å². The van der Waals surface area contributed by atoms with Crippen LogP contribution in [0.2, 0.25) is 5.02 Å². The van der Waals surface area contributed by atoms with Gasteiger partial charge in [0.25, 0.3) is 0 Å². The van der Waals surface area contributed by atoms with E-state index in [-0.39, 0.29) is 16.8 Å². The average Bonchev–Trinajstić information content (AvgIpc) is 2.11. The lowest BCUT2D eigenvalue weighted by atomic mass is 10.3. The molecule has 0 aromatic heterocycles. The lowest BCUT2D eigenvalue weighted by Gasteiger charge is -2.13. The number of halogens is 2. The highest BCUT2D eigenvalue weighted by Crippen LogP contribution is 2.21. The minimum absolute atomic E-state index is 0.0762. The second kappa shape index (κ2) is 5.28. The quantitative estimate of drug-likeness (QED) is 0.784. The fourth-order valence-corrected chi connectivity index (χ4v) is 1.54. The standard InChI is InChI=1S/C10H12ClFN2S/c1-6(2)13-10(15)14-8-5-3-4-7(11)9(8)12/h3-6H,1-2H3,(H2,13,14,15). The zero-order valence-electron chi connectivity index (χ0n) is 8.47. The topological polar surface area (TPSA) is 24.1 Å². The Bertz CT molecular complexity index is 368. The molecule has 0 saturated carbocycles. The van der Waals surface area contributed by atoms with Gasteiger partial charge in [0.15, 0.2) is 10.9 Å². The summed E-state index contributed by atoms with van der Waals surface area (Å²) in [4.78, 5) is 0. The van der Waals surface area contributed by atoms with Crippen LogP contribution in [0.3, 0.4) is 0 Å². The van der Waals surface area contributed by atoms with Crippen LogP contribution in [0.25, 0.3) is 0 Å². The summed E-state index contributed by atoms with van der Waals surface area (Å²) >= 11 is 10.6. The predicted octanol–water partition coefficient (Wildman–Crippen LogP) is 3.17. The monoisotopic (exact) mass is 246 g/mol. The summed E-state index contributed by atoms with van der Waals surface area (Å²) in [7, 11) is 0. The van der Waals surface area contributed by atoms with Crippen molar-refractivity contribution in [3.63, 3.8) is 0 Å². The summed E-state index contributed by atoms with van der Waals surface area (Å²) < 4.78 is 13.4. The third-order valence-corrected chi connectivity index (χ3v) is 2.13. The third-order valence-electron chi connectivity index (χ3n) is 1.62. The van der Waals surface area contributed by atoms with Crippen molar-refractivity contribution in [3.05, 3.63) is 29.0 Å². The first kappa shape index (κ1) is 12.2. The second-order valence-electron chi connectivity index (χ2n) is 3.35. The molecule has 2 nitrogen and oxygen atoms in total. The first-order chi connectivity index (χ1) is 7.00. The molecule has 0 aliphatic rings. The van der Waals surface area contributed by atoms with Crippen LogP contribution < -0.4 is 10.6 Å². The number of hydrogen-bond donors (Lipinski definition) is 2. The summed E-state index contributed by atoms with van der Waals surface area (Å²) in [6, 6.07) is 4.93. The maximum Gasteiger partial charge on any atom is 0.171 e. The summed E-state index contributed by atoms with van der Waals surface area (Å²) in [5.74, 6) is -0.493. The SMILES string of the molecule is CC(C)NC(=S)Nc1cccc(Cl)c1F. The second-order valence-corrected chi connectivity index (χ2v) is 4.17. The van der Waals surface area contributed by atoms with Crippen molar-refractivity contribution in [1.82, 2.24) is 5.32 Å². The van der Waals surface area contributed by atoms with Gasteiger partial charge < -0.3 is 10.6 Å². The van der Waals surface area contributed by atoms with Crippen molar-refractivity contribution in [2.75, 3.05) is 5.32 Å². The molecular weight excluding hydrogens is 235 g/mol. The highest BCUT2D eigenvalue weighted by atomic mass is 35.5. The summed E-state index contributed by atoms with van der Waals surface area (Å²) in [6.45, 7) is 3.89. The molecule has 0 aliphatic carbocycles. The minimum atomic E-state index is -0.493. The van der Waals surface area contributed by atoms with Gasteiger partial charge in [-0.15, -0.1) is 0 Å². The van der Waals surface area contributed by atoms with Crippen LogP contribution in [0, 0.1) is 5.82 Å². The van der Waals surface area contributed by atoms with E-state index in [0.717, 1.165) is 0 Å². The van der Waals surface area contributed by atoms with E-state index in [1.54, 1.807) is 12.1 Å². The Hall–Kier alpha value is -0.870. The summed E-state index contributed by atoms with van der Waals surface area (Å²) in [5, 5.41) is 6.15. The number of hydrogen-bond acceptors (Lipinski definition) is 1. The van der Waals surface area contributed by atoms with Crippen molar-refractivity contribution in [2.45, 2.75) is 19.9 Å². The fourth-order valence-electron chi connectivity index (χ4n) is 1.02. The Morgan fingerprint density at radius 1 is 1.47 bits per heavy atom. The molecular formula is C10H12ClFN2S. The van der Waals surface area contributed by atoms with Crippen molar-refractivity contribution < 1.29 is 4.39 Å². The van der Waals surface area contributed by atoms with Crippen LogP contribution in [0.1, 0.15) is 13.8 Å². The average molecular weight is 247 g/mol. The molecule has 0 amide bonds. The number of anilines is 1. The van der Waals surface area contributed by atoms with Crippen molar-refractivity contribution in [2.24, 2.45) is 0 Å². The molecule has 0 atom stereocenters. The molecule has 2 N–H and O–H groups in total. The molecule has 15 heavy (non-hydrogen) atoms. The summed E-state index contributed by atoms with van der Waals surface area (Å²) in [5.41, 5.74) is 0.278. The van der Waals surface area contributed by atoms with Crippen molar-refractivity contribution in [1.29, 1.82) is 0 Å². The molecule has 0 unspecified atom stereocenters. The highest BCUT2D eigenvalue weighted by molar-refractivity contribution is 7.80. The minimum Gasteiger partial charge on any atom is -0.360 e. The van der Waals surface area contributed by atoms with Gasteiger partial charge in [0, 0.05) is 6.04 Å². The molecule has 82 valence electrons. The molecule has 1 aromatic rings. The number of nitrogens with one attached hydrogen (secondary N) is 2. The molecule has 0 bridgehead atoms. The predicted molar refractivity (Wildman–Crippen MR) is 65.9 cm³/mol. The normalized spacial score (nSPS) is 10.2. The molecule has 5 heteroatoms. The van der Waals surface area contributed by atoms with Gasteiger partial charge in [0.1, 0.15) is 0 Å². The van der Waals surface area contributed by atoms with Gasteiger partial charge in [-0.25, -0.2) is 4.39 Å². The zero-order chi connectivity index (χ0) is 11.4. The van der Waals surface area contributed by atoms with Gasteiger partial charge in [-0.3, -0.25) is 0 Å². The van der Waals surface area contributed by atoms with Crippen LogP contribution in [0.5, 0.6) is 0 Å². The maximum absolute atomic E-state index is 13.4. The van der Waals surface area contributed by atoms with Gasteiger partial charge in [-0.2, -0.15) is 0 Å². The van der Waals surface area contributed by atoms with E-state index in [0.29, 0.717) is 5.11 Å². The molecule has 1 rings (SSSR count). The van der Waals surface area contributed by atoms with Crippen LogP contribution in [0.15, 0.2) is 18.2 Å². The largest absolute Gasteiger partial charge is 0.360 e. The van der Waals surface area contributed by atoms with E-state index >= 15 is 0 Å². The molecule has 0 heterocycles. The fraction of sp³-hybridized carbons (Fsp3) is 0.300. The zero-order valence-corrected chi connectivity index (χ0v) is 10.0. The van der Waals surface area contributed by atoms with Gasteiger partial charge in [0.2, 0.25) is 0 Å². The molecule has 0 radical (unpaired) electrons. The Labute approximate surface area is 98.8 Å². The van der Waals surface area contributed by atoms with Gasteiger partial charge in [0.05, 0.1) is 10.7 Å². The Balaban J connectivity index is 2.73. The highest BCUT2D eigenvalue weighted by Gasteiger charge is 2.07. The number of benzene rings is 1. The lowest BCUT2D eigenvalue weighted by Crippen LogP contribution is -2.34. The third kappa shape index (κ3) is 3.64. The number of rotatable bonds is 2. The molecule has 0 spiro atoms. The Morgan fingerprint density at radius 2 is 2.13 bits per heavy atom. The maximum atomic E-state index is 13.4. The van der Waals surface area contributed by atoms with E-state index in [1.165, 1.54) is 6.07 Å². The van der Waals surface area contributed by atoms with Crippen LogP contribution in [-0.2, 0) is 0 Å². The van der Waals surface area contributed by atoms with E-state index in [2.05, 4.69) is 10.6 Å². The van der Waals surface area contributed by atoms with E-state index < -0.39 is 5.82 Å². The first-order valence-corrected chi connectivity index (χ1v) is 5.31. The first-order valence-electron chi connectivity index (χ1n) is 4.52. The van der Waals surface area contributed by atoms with E-state index in [4.69, 9.17) is 23.8 Å². The number of thiocarbonyl (C=S) groups is 1. The smallest absolute Gasteiger partial charge is 0.171 e. The van der Waals surface area contributed by atoms with Gasteiger partial charge in [-0.1, -0.05) is 17.7 Å². The van der Waals surface area contributed by atoms with Crippen LogP contribution in [-0.4, -0.2) is 11.2 Å². The summed E-state index contributed by atoms with van der Waals surface area (Å²) in [6.07, 6.45) is 0. The van der Waals surface area contributed by atoms with E-state index in [9.17, 15) is 4.39 Å². The lowest BCUT2D eigenvalue weighted by molar-refractivity contribution is 0.632. The van der Waals surface area contributed by atoms with Crippen molar-refractivity contribution >= 4 is 34.6 Å². The van der Waals surface area contributed by atoms with Gasteiger partial charge in [-0.05, 0) is 38.2 Å². The van der Waals surface area contributed by atoms with Crippen LogP contribution >= 0.6 is 23.8 Å². The Kier molecular flexibility index (Phi) is 4.29. The molecule has 0 saturated heterocycles.